The Labute approximate surface area is 147 Å². The second-order valence-corrected chi connectivity index (χ2v) is 7.09. The molecule has 1 N–H and O–H groups in total. The molecule has 2 aliphatic heterocycles. The molecule has 6 heteroatoms. The summed E-state index contributed by atoms with van der Waals surface area (Å²) in [6.45, 7) is 4.31. The van der Waals surface area contributed by atoms with Gasteiger partial charge in [0, 0.05) is 62.4 Å². The van der Waals surface area contributed by atoms with Gasteiger partial charge in [-0.2, -0.15) is 5.10 Å². The van der Waals surface area contributed by atoms with E-state index in [0.717, 1.165) is 26.2 Å². The van der Waals surface area contributed by atoms with Gasteiger partial charge in [0.1, 0.15) is 0 Å². The van der Waals surface area contributed by atoms with Gasteiger partial charge in [-0.15, -0.1) is 0 Å². The van der Waals surface area contributed by atoms with Gasteiger partial charge in [-0.05, 0) is 12.1 Å². The molecule has 4 rings (SSSR count). The highest BCUT2D eigenvalue weighted by Gasteiger charge is 2.43. The molecule has 1 aromatic heterocycles. The summed E-state index contributed by atoms with van der Waals surface area (Å²) in [5.74, 6) is 0.874. The summed E-state index contributed by atoms with van der Waals surface area (Å²) in [5, 5.41) is 7.31. The summed E-state index contributed by atoms with van der Waals surface area (Å²) < 4.78 is 7.82. The molecule has 0 unspecified atom stereocenters. The molecule has 132 valence electrons. The number of hydrogen-bond donors (Lipinski definition) is 1. The fraction of sp³-hybridized carbons (Fsp3) is 0.474. The van der Waals surface area contributed by atoms with E-state index in [1.54, 1.807) is 0 Å². The monoisotopic (exact) mass is 340 g/mol. The van der Waals surface area contributed by atoms with Crippen molar-refractivity contribution in [3.8, 4) is 0 Å². The van der Waals surface area contributed by atoms with Crippen LogP contribution in [0, 0.1) is 11.8 Å². The number of fused-ring (bicyclic) bond motifs is 1. The predicted octanol–water partition coefficient (Wildman–Crippen LogP) is 1.30. The molecule has 2 aliphatic rings. The van der Waals surface area contributed by atoms with Gasteiger partial charge in [-0.3, -0.25) is 14.4 Å². The maximum Gasteiger partial charge on any atom is 0.251 e. The normalized spacial score (nSPS) is 25.9. The second-order valence-electron chi connectivity index (χ2n) is 7.09. The Morgan fingerprint density at radius 2 is 2.16 bits per heavy atom. The zero-order valence-electron chi connectivity index (χ0n) is 14.5. The molecular formula is C19H24N4O2. The predicted molar refractivity (Wildman–Crippen MR) is 94.0 cm³/mol. The summed E-state index contributed by atoms with van der Waals surface area (Å²) in [7, 11) is 1.94. The van der Waals surface area contributed by atoms with Crippen LogP contribution in [0.4, 0.5) is 0 Å². The second kappa shape index (κ2) is 6.98. The number of hydrogen-bond acceptors (Lipinski definition) is 4. The van der Waals surface area contributed by atoms with Crippen molar-refractivity contribution in [2.24, 2.45) is 18.9 Å². The van der Waals surface area contributed by atoms with Gasteiger partial charge >= 0.3 is 0 Å². The molecule has 0 saturated carbocycles. The lowest BCUT2D eigenvalue weighted by molar-refractivity contribution is 0.0904. The van der Waals surface area contributed by atoms with E-state index in [1.807, 2.05) is 48.3 Å². The molecule has 6 nitrogen and oxygen atoms in total. The minimum Gasteiger partial charge on any atom is -0.376 e. The largest absolute Gasteiger partial charge is 0.376 e. The van der Waals surface area contributed by atoms with Crippen LogP contribution >= 0.6 is 0 Å². The quantitative estimate of drug-likeness (QED) is 0.891. The number of likely N-dealkylation sites (tertiary alicyclic amines) is 1. The van der Waals surface area contributed by atoms with Crippen LogP contribution in [0.5, 0.6) is 0 Å². The lowest BCUT2D eigenvalue weighted by Gasteiger charge is -2.19. The number of ether oxygens (including phenoxy) is 1. The van der Waals surface area contributed by atoms with Crippen molar-refractivity contribution in [1.82, 2.24) is 20.0 Å². The van der Waals surface area contributed by atoms with Crippen molar-refractivity contribution >= 4 is 5.91 Å². The average molecular weight is 340 g/mol. The van der Waals surface area contributed by atoms with Crippen LogP contribution in [-0.4, -0.2) is 52.9 Å². The number of rotatable bonds is 5. The van der Waals surface area contributed by atoms with Crippen LogP contribution in [0.3, 0.4) is 0 Å². The van der Waals surface area contributed by atoms with E-state index in [9.17, 15) is 4.79 Å². The Hall–Kier alpha value is -2.18. The number of benzene rings is 1. The fourth-order valence-corrected chi connectivity index (χ4v) is 3.95. The van der Waals surface area contributed by atoms with Crippen molar-refractivity contribution in [3.05, 3.63) is 53.9 Å². The topological polar surface area (TPSA) is 59.4 Å². The van der Waals surface area contributed by atoms with Crippen molar-refractivity contribution < 1.29 is 9.53 Å². The first-order valence-corrected chi connectivity index (χ1v) is 8.84. The highest BCUT2D eigenvalue weighted by Crippen LogP contribution is 2.34. The van der Waals surface area contributed by atoms with E-state index < -0.39 is 0 Å². The molecule has 25 heavy (non-hydrogen) atoms. The van der Waals surface area contributed by atoms with Crippen molar-refractivity contribution in [2.75, 3.05) is 26.2 Å². The maximum absolute atomic E-state index is 12.2. The van der Waals surface area contributed by atoms with Crippen LogP contribution in [0.1, 0.15) is 15.9 Å². The van der Waals surface area contributed by atoms with Gasteiger partial charge in [0.15, 0.2) is 0 Å². The van der Waals surface area contributed by atoms with E-state index >= 15 is 0 Å². The minimum atomic E-state index is -0.00531. The molecule has 2 aromatic rings. The van der Waals surface area contributed by atoms with Crippen LogP contribution in [0.2, 0.25) is 0 Å². The molecule has 0 aliphatic carbocycles. The first-order chi connectivity index (χ1) is 12.2. The number of carbonyl (C=O) groups is 1. The standard InChI is InChI=1S/C19H24N4O2/c1-22-9-14(7-21-22)10-23-11-17-16(13-25-18(17)12-23)8-20-19(24)15-5-3-2-4-6-15/h2-7,9,16-18H,8,10-13H2,1H3,(H,20,24)/t16-,17+,18+/m0/s1. The molecule has 3 atom stereocenters. The van der Waals surface area contributed by atoms with Crippen molar-refractivity contribution in [3.63, 3.8) is 0 Å². The Morgan fingerprint density at radius 1 is 1.32 bits per heavy atom. The molecule has 2 fully saturated rings. The first-order valence-electron chi connectivity index (χ1n) is 8.84. The molecule has 1 amide bonds. The van der Waals surface area contributed by atoms with E-state index in [4.69, 9.17) is 4.74 Å². The van der Waals surface area contributed by atoms with Crippen LogP contribution in [0.25, 0.3) is 0 Å². The molecule has 0 radical (unpaired) electrons. The third-order valence-electron chi connectivity index (χ3n) is 5.24. The Balaban J connectivity index is 1.30. The van der Waals surface area contributed by atoms with Gasteiger partial charge in [-0.1, -0.05) is 18.2 Å². The number of aryl methyl sites for hydroxylation is 1. The van der Waals surface area contributed by atoms with E-state index in [2.05, 4.69) is 21.5 Å². The highest BCUT2D eigenvalue weighted by molar-refractivity contribution is 5.94. The van der Waals surface area contributed by atoms with Crippen molar-refractivity contribution in [1.29, 1.82) is 0 Å². The lowest BCUT2D eigenvalue weighted by atomic mass is 9.93. The molecule has 0 spiro atoms. The smallest absolute Gasteiger partial charge is 0.251 e. The molecule has 2 saturated heterocycles. The Bertz CT molecular complexity index is 730. The van der Waals surface area contributed by atoms with Gasteiger partial charge in [-0.25, -0.2) is 0 Å². The molecular weight excluding hydrogens is 316 g/mol. The summed E-state index contributed by atoms with van der Waals surface area (Å²) >= 11 is 0. The number of carbonyl (C=O) groups excluding carboxylic acids is 1. The van der Waals surface area contributed by atoms with Gasteiger partial charge < -0.3 is 10.1 Å². The Kier molecular flexibility index (Phi) is 4.55. The maximum atomic E-state index is 12.2. The van der Waals surface area contributed by atoms with E-state index in [0.29, 0.717) is 23.9 Å². The number of aromatic nitrogens is 2. The van der Waals surface area contributed by atoms with Gasteiger partial charge in [0.25, 0.3) is 5.91 Å². The zero-order chi connectivity index (χ0) is 17.2. The summed E-state index contributed by atoms with van der Waals surface area (Å²) in [6, 6.07) is 9.37. The third-order valence-corrected chi connectivity index (χ3v) is 5.24. The number of nitrogens with zero attached hydrogens (tertiary/aromatic N) is 3. The Morgan fingerprint density at radius 3 is 2.92 bits per heavy atom. The first kappa shape index (κ1) is 16.3. The summed E-state index contributed by atoms with van der Waals surface area (Å²) in [6.07, 6.45) is 4.27. The lowest BCUT2D eigenvalue weighted by Crippen LogP contribution is -2.34. The van der Waals surface area contributed by atoms with Gasteiger partial charge in [0.2, 0.25) is 0 Å². The van der Waals surface area contributed by atoms with E-state index in [1.165, 1.54) is 5.56 Å². The third kappa shape index (κ3) is 3.60. The average Bonchev–Trinajstić information content (AvgIpc) is 3.30. The van der Waals surface area contributed by atoms with Crippen LogP contribution < -0.4 is 5.32 Å². The summed E-state index contributed by atoms with van der Waals surface area (Å²) in [5.41, 5.74) is 1.94. The fourth-order valence-electron chi connectivity index (χ4n) is 3.95. The number of amides is 1. The van der Waals surface area contributed by atoms with Crippen molar-refractivity contribution in [2.45, 2.75) is 12.6 Å². The SMILES string of the molecule is Cn1cc(CN2C[C@@H]3[C@@H](CNC(=O)c4ccccc4)CO[C@@H]3C2)cn1. The molecule has 0 bridgehead atoms. The molecule has 3 heterocycles. The zero-order valence-corrected chi connectivity index (χ0v) is 14.5. The van der Waals surface area contributed by atoms with E-state index in [-0.39, 0.29) is 12.0 Å². The number of nitrogens with one attached hydrogen (secondary N) is 1. The highest BCUT2D eigenvalue weighted by atomic mass is 16.5. The van der Waals surface area contributed by atoms with Crippen LogP contribution in [-0.2, 0) is 18.3 Å². The summed E-state index contributed by atoms with van der Waals surface area (Å²) in [4.78, 5) is 14.7. The van der Waals surface area contributed by atoms with Crippen LogP contribution in [0.15, 0.2) is 42.7 Å². The minimum absolute atomic E-state index is 0.00531. The van der Waals surface area contributed by atoms with Gasteiger partial charge in [0.05, 0.1) is 18.9 Å². The molecule has 1 aromatic carbocycles.